The van der Waals surface area contributed by atoms with E-state index in [1.54, 1.807) is 0 Å². The third-order valence-electron chi connectivity index (χ3n) is 3.93. The highest BCUT2D eigenvalue weighted by molar-refractivity contribution is 5.80. The Labute approximate surface area is 118 Å². The molecule has 1 aliphatic carbocycles. The Kier molecular flexibility index (Phi) is 6.31. The zero-order chi connectivity index (χ0) is 14.5. The number of rotatable bonds is 7. The van der Waals surface area contributed by atoms with Crippen LogP contribution >= 0.6 is 0 Å². The highest BCUT2D eigenvalue weighted by atomic mass is 16.5. The first-order valence-corrected chi connectivity index (χ1v) is 7.75. The van der Waals surface area contributed by atoms with Gasteiger partial charge in [0.15, 0.2) is 0 Å². The summed E-state index contributed by atoms with van der Waals surface area (Å²) in [6.45, 7) is 8.70. The van der Waals surface area contributed by atoms with Crippen molar-refractivity contribution in [2.24, 2.45) is 11.8 Å². The van der Waals surface area contributed by atoms with Gasteiger partial charge >= 0.3 is 5.97 Å². The molecule has 0 aromatic heterocycles. The summed E-state index contributed by atoms with van der Waals surface area (Å²) in [5.41, 5.74) is -0.494. The van der Waals surface area contributed by atoms with Gasteiger partial charge in [0, 0.05) is 6.04 Å². The zero-order valence-corrected chi connectivity index (χ0v) is 13.3. The Morgan fingerprint density at radius 1 is 1.16 bits per heavy atom. The van der Waals surface area contributed by atoms with E-state index in [1.165, 1.54) is 32.8 Å². The molecule has 19 heavy (non-hydrogen) atoms. The maximum Gasteiger partial charge on any atom is 0.326 e. The Bertz CT molecular complexity index is 270. The molecule has 0 radical (unpaired) electrons. The van der Waals surface area contributed by atoms with Crippen LogP contribution in [0.4, 0.5) is 0 Å². The molecule has 0 aromatic carbocycles. The summed E-state index contributed by atoms with van der Waals surface area (Å²) in [6.07, 6.45) is 6.64. The number of hydrogen-bond donors (Lipinski definition) is 1. The minimum Gasteiger partial charge on any atom is -0.468 e. The SMILES string of the molecule is COC(=O)C(CC(C)C)(CC(C)C)NC1CCCC1. The summed E-state index contributed by atoms with van der Waals surface area (Å²) < 4.78 is 5.13. The average molecular weight is 269 g/mol. The van der Waals surface area contributed by atoms with E-state index in [2.05, 4.69) is 33.0 Å². The highest BCUT2D eigenvalue weighted by Crippen LogP contribution is 2.30. The van der Waals surface area contributed by atoms with E-state index < -0.39 is 5.54 Å². The third kappa shape index (κ3) is 4.79. The van der Waals surface area contributed by atoms with E-state index in [9.17, 15) is 4.79 Å². The van der Waals surface area contributed by atoms with Crippen molar-refractivity contribution in [3.05, 3.63) is 0 Å². The molecule has 1 rings (SSSR count). The molecule has 1 fully saturated rings. The molecule has 3 heteroatoms. The molecule has 0 aromatic rings. The molecule has 0 spiro atoms. The van der Waals surface area contributed by atoms with E-state index >= 15 is 0 Å². The van der Waals surface area contributed by atoms with Gasteiger partial charge in [-0.2, -0.15) is 0 Å². The van der Waals surface area contributed by atoms with Crippen LogP contribution in [0, 0.1) is 11.8 Å². The van der Waals surface area contributed by atoms with Gasteiger partial charge in [0.05, 0.1) is 7.11 Å². The highest BCUT2D eigenvalue weighted by Gasteiger charge is 2.42. The van der Waals surface area contributed by atoms with Crippen molar-refractivity contribution in [1.29, 1.82) is 0 Å². The maximum absolute atomic E-state index is 12.4. The van der Waals surface area contributed by atoms with Crippen molar-refractivity contribution in [3.63, 3.8) is 0 Å². The first-order chi connectivity index (χ1) is 8.89. The van der Waals surface area contributed by atoms with E-state index in [-0.39, 0.29) is 5.97 Å². The van der Waals surface area contributed by atoms with Crippen LogP contribution in [0.5, 0.6) is 0 Å². The molecule has 112 valence electrons. The largest absolute Gasteiger partial charge is 0.468 e. The molecule has 0 bridgehead atoms. The van der Waals surface area contributed by atoms with Crippen LogP contribution in [0.3, 0.4) is 0 Å². The lowest BCUT2D eigenvalue weighted by atomic mass is 9.81. The number of esters is 1. The molecule has 1 saturated carbocycles. The minimum absolute atomic E-state index is 0.0817. The van der Waals surface area contributed by atoms with Crippen LogP contribution < -0.4 is 5.32 Å². The fourth-order valence-electron chi connectivity index (χ4n) is 3.48. The second-order valence-corrected chi connectivity index (χ2v) is 6.90. The molecule has 1 N–H and O–H groups in total. The molecule has 0 atom stereocenters. The van der Waals surface area contributed by atoms with Gasteiger partial charge < -0.3 is 4.74 Å². The molecule has 0 aliphatic heterocycles. The third-order valence-corrected chi connectivity index (χ3v) is 3.93. The molecular formula is C16H31NO2. The lowest BCUT2D eigenvalue weighted by Crippen LogP contribution is -2.57. The van der Waals surface area contributed by atoms with Gasteiger partial charge in [-0.3, -0.25) is 10.1 Å². The average Bonchev–Trinajstić information content (AvgIpc) is 2.78. The number of methoxy groups -OCH3 is 1. The molecule has 0 saturated heterocycles. The van der Waals surface area contributed by atoms with Gasteiger partial charge in [-0.25, -0.2) is 0 Å². The fraction of sp³-hybridized carbons (Fsp3) is 0.938. The van der Waals surface area contributed by atoms with Crippen LogP contribution in [0.15, 0.2) is 0 Å². The van der Waals surface area contributed by atoms with E-state index in [0.717, 1.165) is 12.8 Å². The Morgan fingerprint density at radius 3 is 2.00 bits per heavy atom. The number of hydrogen-bond acceptors (Lipinski definition) is 3. The summed E-state index contributed by atoms with van der Waals surface area (Å²) in [5.74, 6) is 0.875. The smallest absolute Gasteiger partial charge is 0.326 e. The quantitative estimate of drug-likeness (QED) is 0.719. The number of carbonyl (C=O) groups excluding carboxylic acids is 1. The molecular weight excluding hydrogens is 238 g/mol. The topological polar surface area (TPSA) is 38.3 Å². The van der Waals surface area contributed by atoms with Crippen molar-refractivity contribution in [2.75, 3.05) is 7.11 Å². The number of ether oxygens (including phenoxy) is 1. The summed E-state index contributed by atoms with van der Waals surface area (Å²) in [6, 6.07) is 0.483. The van der Waals surface area contributed by atoms with Gasteiger partial charge in [0.2, 0.25) is 0 Å². The monoisotopic (exact) mass is 269 g/mol. The van der Waals surface area contributed by atoms with Gasteiger partial charge in [-0.05, 0) is 37.5 Å². The van der Waals surface area contributed by atoms with E-state index in [4.69, 9.17) is 4.74 Å². The molecule has 3 nitrogen and oxygen atoms in total. The lowest BCUT2D eigenvalue weighted by molar-refractivity contribution is -0.150. The minimum atomic E-state index is -0.494. The predicted octanol–water partition coefficient (Wildman–Crippen LogP) is 3.52. The molecule has 0 amide bonds. The van der Waals surface area contributed by atoms with Crippen LogP contribution in [-0.2, 0) is 9.53 Å². The van der Waals surface area contributed by atoms with E-state index in [1.807, 2.05) is 0 Å². The number of carbonyl (C=O) groups is 1. The van der Waals surface area contributed by atoms with Crippen molar-refractivity contribution in [3.8, 4) is 0 Å². The van der Waals surface area contributed by atoms with Gasteiger partial charge in [-0.1, -0.05) is 40.5 Å². The second kappa shape index (κ2) is 7.28. The normalized spacial score (nSPS) is 17.4. The van der Waals surface area contributed by atoms with Gasteiger partial charge in [0.25, 0.3) is 0 Å². The lowest BCUT2D eigenvalue weighted by Gasteiger charge is -2.37. The zero-order valence-electron chi connectivity index (χ0n) is 13.3. The van der Waals surface area contributed by atoms with Crippen LogP contribution in [0.1, 0.15) is 66.2 Å². The van der Waals surface area contributed by atoms with Gasteiger partial charge in [-0.15, -0.1) is 0 Å². The molecule has 0 unspecified atom stereocenters. The predicted molar refractivity (Wildman–Crippen MR) is 79.0 cm³/mol. The Balaban J connectivity index is 2.90. The summed E-state index contributed by atoms with van der Waals surface area (Å²) in [5, 5.41) is 3.67. The fourth-order valence-corrected chi connectivity index (χ4v) is 3.48. The summed E-state index contributed by atoms with van der Waals surface area (Å²) >= 11 is 0. The van der Waals surface area contributed by atoms with Crippen molar-refractivity contribution >= 4 is 5.97 Å². The van der Waals surface area contributed by atoms with Crippen molar-refractivity contribution in [2.45, 2.75) is 77.8 Å². The van der Waals surface area contributed by atoms with Crippen molar-refractivity contribution in [1.82, 2.24) is 5.32 Å². The maximum atomic E-state index is 12.4. The van der Waals surface area contributed by atoms with Crippen LogP contribution in [0.2, 0.25) is 0 Å². The first-order valence-electron chi connectivity index (χ1n) is 7.75. The number of nitrogens with one attached hydrogen (secondary N) is 1. The molecule has 0 heterocycles. The van der Waals surface area contributed by atoms with E-state index in [0.29, 0.717) is 17.9 Å². The standard InChI is InChI=1S/C16H31NO2/c1-12(2)10-16(11-13(3)4,15(18)19-5)17-14-8-6-7-9-14/h12-14,17H,6-11H2,1-5H3. The Morgan fingerprint density at radius 2 is 1.63 bits per heavy atom. The van der Waals surface area contributed by atoms with Crippen LogP contribution in [0.25, 0.3) is 0 Å². The summed E-state index contributed by atoms with van der Waals surface area (Å²) in [4.78, 5) is 12.4. The second-order valence-electron chi connectivity index (χ2n) is 6.90. The summed E-state index contributed by atoms with van der Waals surface area (Å²) in [7, 11) is 1.51. The first kappa shape index (κ1) is 16.5. The van der Waals surface area contributed by atoms with Gasteiger partial charge in [0.1, 0.15) is 5.54 Å². The Hall–Kier alpha value is -0.570. The molecule has 1 aliphatic rings. The van der Waals surface area contributed by atoms with Crippen LogP contribution in [-0.4, -0.2) is 24.7 Å². The van der Waals surface area contributed by atoms with Crippen molar-refractivity contribution < 1.29 is 9.53 Å².